The van der Waals surface area contributed by atoms with Gasteiger partial charge in [0.05, 0.1) is 34.9 Å². The molecular weight excluding hydrogens is 654 g/mol. The molecule has 254 valence electrons. The van der Waals surface area contributed by atoms with Gasteiger partial charge in [0.15, 0.2) is 12.1 Å². The number of anilines is 3. The Morgan fingerprint density at radius 1 is 1.00 bits per heavy atom. The van der Waals surface area contributed by atoms with Crippen LogP contribution >= 0.6 is 0 Å². The van der Waals surface area contributed by atoms with Crippen LogP contribution in [0.15, 0.2) is 90.0 Å². The topological polar surface area (TPSA) is 128 Å². The van der Waals surface area contributed by atoms with Crippen LogP contribution in [0.4, 0.5) is 25.8 Å². The Morgan fingerprint density at radius 3 is 2.35 bits per heavy atom. The quantitative estimate of drug-likeness (QED) is 0.234. The molecule has 0 bridgehead atoms. The van der Waals surface area contributed by atoms with E-state index >= 15 is 4.79 Å². The number of nitriles is 1. The maximum absolute atomic E-state index is 15.0. The number of hydrogen-bond acceptors (Lipinski definition) is 10. The molecule has 0 saturated carbocycles. The second-order valence-electron chi connectivity index (χ2n) is 11.5. The van der Waals surface area contributed by atoms with Crippen LogP contribution in [0.3, 0.4) is 0 Å². The largest absolute Gasteiger partial charge is 0.497 e. The second-order valence-corrected chi connectivity index (χ2v) is 13.3. The molecule has 2 aliphatic rings. The number of hydrogen-bond donors (Lipinski definition) is 1. The molecule has 1 amide bonds. The van der Waals surface area contributed by atoms with E-state index in [1.807, 2.05) is 12.1 Å². The molecule has 49 heavy (non-hydrogen) atoms. The molecule has 6 rings (SSSR count). The number of ether oxygens (including phenoxy) is 2. The van der Waals surface area contributed by atoms with Crippen LogP contribution < -0.4 is 24.0 Å². The first-order valence-corrected chi connectivity index (χ1v) is 17.1. The van der Waals surface area contributed by atoms with Crippen molar-refractivity contribution in [1.29, 1.82) is 5.26 Å². The third-order valence-corrected chi connectivity index (χ3v) is 10.5. The van der Waals surface area contributed by atoms with Crippen LogP contribution in [0, 0.1) is 11.3 Å². The minimum atomic E-state index is -4.57. The van der Waals surface area contributed by atoms with Gasteiger partial charge in [0.2, 0.25) is 5.88 Å². The van der Waals surface area contributed by atoms with E-state index < -0.39 is 34.5 Å². The molecule has 1 atom stereocenters. The van der Waals surface area contributed by atoms with Gasteiger partial charge in [-0.05, 0) is 85.4 Å². The van der Waals surface area contributed by atoms with Crippen molar-refractivity contribution in [1.82, 2.24) is 9.88 Å². The minimum Gasteiger partial charge on any atom is -0.497 e. The lowest BCUT2D eigenvalue weighted by molar-refractivity contribution is -0.120. The van der Waals surface area contributed by atoms with E-state index in [4.69, 9.17) is 9.47 Å². The monoisotopic (exact) mass is 688 g/mol. The van der Waals surface area contributed by atoms with Crippen molar-refractivity contribution < 1.29 is 31.5 Å². The van der Waals surface area contributed by atoms with Crippen molar-refractivity contribution in [3.05, 3.63) is 102 Å². The number of amides is 1. The van der Waals surface area contributed by atoms with Crippen molar-refractivity contribution in [2.45, 2.75) is 23.8 Å². The molecule has 1 aromatic heterocycles. The number of likely N-dealkylation sites (N-methyl/N-ethyl adjacent to an activating group) is 1. The minimum absolute atomic E-state index is 0.0100. The first kappa shape index (κ1) is 33.6. The highest BCUT2D eigenvalue weighted by Gasteiger charge is 2.58. The van der Waals surface area contributed by atoms with E-state index in [9.17, 15) is 22.5 Å². The van der Waals surface area contributed by atoms with Gasteiger partial charge in [-0.1, -0.05) is 6.92 Å². The van der Waals surface area contributed by atoms with Gasteiger partial charge < -0.3 is 24.6 Å². The Kier molecular flexibility index (Phi) is 9.40. The standard InChI is InChI=1S/C35H34F2N6O5S/c1-3-41-17-19-42(20-18-41)26-9-7-25(8-10-26)40-35(29-5-4-16-39-33(29)48-23-32(36)37)30-21-24(22-38)6-15-31(30)43(34(35)44)49(45,46)28-13-11-27(47-2)12-14-28/h4-16,21,32,40H,3,17-20,23H2,1-2H3. The van der Waals surface area contributed by atoms with Crippen LogP contribution in [0.1, 0.15) is 23.6 Å². The van der Waals surface area contributed by atoms with E-state index in [1.165, 1.54) is 67.9 Å². The zero-order chi connectivity index (χ0) is 34.8. The molecule has 1 N–H and O–H groups in total. The number of piperazine rings is 1. The fourth-order valence-corrected chi connectivity index (χ4v) is 7.69. The number of carbonyl (C=O) groups excluding carboxylic acids is 1. The fraction of sp³-hybridized carbons (Fsp3) is 0.286. The molecule has 0 spiro atoms. The number of aromatic nitrogens is 1. The number of sulfonamides is 1. The molecular formula is C35H34F2N6O5S. The smallest absolute Gasteiger partial charge is 0.276 e. The Balaban J connectivity index is 1.51. The van der Waals surface area contributed by atoms with Crippen LogP contribution in [-0.2, 0) is 20.4 Å². The van der Waals surface area contributed by atoms with Gasteiger partial charge in [-0.3, -0.25) is 4.79 Å². The zero-order valence-electron chi connectivity index (χ0n) is 26.8. The SMILES string of the molecule is CCN1CCN(c2ccc(NC3(c4cccnc4OCC(F)F)C(=O)N(S(=O)(=O)c4ccc(OC)cc4)c4ccc(C#N)cc43)cc2)CC1. The molecule has 11 nitrogen and oxygen atoms in total. The van der Waals surface area contributed by atoms with Gasteiger partial charge in [-0.2, -0.15) is 9.57 Å². The van der Waals surface area contributed by atoms with E-state index in [-0.39, 0.29) is 33.2 Å². The summed E-state index contributed by atoms with van der Waals surface area (Å²) in [6, 6.07) is 22.1. The fourth-order valence-electron chi connectivity index (χ4n) is 6.23. The molecule has 3 aromatic carbocycles. The number of benzene rings is 3. The van der Waals surface area contributed by atoms with Crippen molar-refractivity contribution in [2.24, 2.45) is 0 Å². The van der Waals surface area contributed by atoms with Gasteiger partial charge in [0.25, 0.3) is 22.4 Å². The highest BCUT2D eigenvalue weighted by Crippen LogP contribution is 2.51. The van der Waals surface area contributed by atoms with Gasteiger partial charge in [0.1, 0.15) is 5.75 Å². The predicted molar refractivity (Wildman–Crippen MR) is 180 cm³/mol. The number of carbonyl (C=O) groups is 1. The van der Waals surface area contributed by atoms with Crippen LogP contribution in [0.25, 0.3) is 0 Å². The highest BCUT2D eigenvalue weighted by atomic mass is 32.2. The molecule has 1 unspecified atom stereocenters. The first-order valence-electron chi connectivity index (χ1n) is 15.6. The number of alkyl halides is 2. The van der Waals surface area contributed by atoms with Crippen molar-refractivity contribution >= 4 is 33.0 Å². The summed E-state index contributed by atoms with van der Waals surface area (Å²) in [7, 11) is -3.13. The lowest BCUT2D eigenvalue weighted by atomic mass is 9.83. The van der Waals surface area contributed by atoms with Crippen molar-refractivity contribution in [2.75, 3.05) is 61.0 Å². The molecule has 1 fully saturated rings. The Morgan fingerprint density at radius 2 is 1.71 bits per heavy atom. The summed E-state index contributed by atoms with van der Waals surface area (Å²) in [5.41, 5.74) is -0.492. The highest BCUT2D eigenvalue weighted by molar-refractivity contribution is 7.93. The maximum Gasteiger partial charge on any atom is 0.276 e. The first-order chi connectivity index (χ1) is 23.6. The third-order valence-electron chi connectivity index (χ3n) is 8.76. The van der Waals surface area contributed by atoms with Gasteiger partial charge >= 0.3 is 0 Å². The average Bonchev–Trinajstić information content (AvgIpc) is 3.38. The lowest BCUT2D eigenvalue weighted by Crippen LogP contribution is -2.49. The summed E-state index contributed by atoms with van der Waals surface area (Å²) in [6.45, 7) is 5.61. The predicted octanol–water partition coefficient (Wildman–Crippen LogP) is 4.84. The summed E-state index contributed by atoms with van der Waals surface area (Å²) < 4.78 is 66.7. The molecule has 2 aliphatic heterocycles. The molecule has 1 saturated heterocycles. The summed E-state index contributed by atoms with van der Waals surface area (Å²) in [6.07, 6.45) is -1.53. The zero-order valence-corrected chi connectivity index (χ0v) is 27.7. The second kappa shape index (κ2) is 13.7. The molecule has 14 heteroatoms. The average molecular weight is 689 g/mol. The molecule has 0 aliphatic carbocycles. The number of halogens is 2. The number of nitrogens with one attached hydrogen (secondary N) is 1. The summed E-state index contributed by atoms with van der Waals surface area (Å²) >= 11 is 0. The summed E-state index contributed by atoms with van der Waals surface area (Å²) in [4.78, 5) is 23.6. The number of methoxy groups -OCH3 is 1. The number of rotatable bonds is 11. The van der Waals surface area contributed by atoms with Gasteiger partial charge in [0, 0.05) is 49.3 Å². The molecule has 0 radical (unpaired) electrons. The van der Waals surface area contributed by atoms with Crippen LogP contribution in [0.5, 0.6) is 11.6 Å². The van der Waals surface area contributed by atoms with E-state index in [1.54, 1.807) is 12.1 Å². The Hall–Kier alpha value is -5.26. The van der Waals surface area contributed by atoms with Crippen LogP contribution in [0.2, 0.25) is 0 Å². The van der Waals surface area contributed by atoms with Crippen molar-refractivity contribution in [3.63, 3.8) is 0 Å². The van der Waals surface area contributed by atoms with Gasteiger partial charge in [-0.25, -0.2) is 22.2 Å². The van der Waals surface area contributed by atoms with E-state index in [0.29, 0.717) is 15.7 Å². The molecule has 3 heterocycles. The third kappa shape index (κ3) is 6.23. The molecule has 4 aromatic rings. The van der Waals surface area contributed by atoms with Crippen LogP contribution in [-0.4, -0.2) is 77.1 Å². The normalized spacial score (nSPS) is 17.9. The summed E-state index contributed by atoms with van der Waals surface area (Å²) in [5.74, 6) is -0.859. The van der Waals surface area contributed by atoms with E-state index in [0.717, 1.165) is 38.4 Å². The Bertz CT molecular complexity index is 1980. The van der Waals surface area contributed by atoms with Crippen molar-refractivity contribution in [3.8, 4) is 17.7 Å². The van der Waals surface area contributed by atoms with E-state index in [2.05, 4.69) is 33.1 Å². The number of nitrogens with zero attached hydrogens (tertiary/aromatic N) is 5. The lowest BCUT2D eigenvalue weighted by Gasteiger charge is -2.36. The number of fused-ring (bicyclic) bond motifs is 1. The Labute approximate surface area is 283 Å². The summed E-state index contributed by atoms with van der Waals surface area (Å²) in [5, 5.41) is 13.1. The maximum atomic E-state index is 15.0. The number of pyridine rings is 1. The van der Waals surface area contributed by atoms with Gasteiger partial charge in [-0.15, -0.1) is 0 Å².